The Morgan fingerprint density at radius 2 is 1.61 bits per heavy atom. The van der Waals surface area contributed by atoms with Gasteiger partial charge >= 0.3 is 5.97 Å². The molecule has 0 aliphatic heterocycles. The fraction of sp³-hybridized carbons (Fsp3) is 0.172. The molecule has 0 fully saturated rings. The molecule has 0 saturated heterocycles. The summed E-state index contributed by atoms with van der Waals surface area (Å²) in [5, 5.41) is 30.2. The van der Waals surface area contributed by atoms with E-state index in [1.165, 1.54) is 17.8 Å². The number of aromatic carboxylic acids is 1. The van der Waals surface area contributed by atoms with Crippen LogP contribution in [-0.2, 0) is 19.3 Å². The van der Waals surface area contributed by atoms with Gasteiger partial charge < -0.3 is 20.9 Å². The summed E-state index contributed by atoms with van der Waals surface area (Å²) in [5.74, 6) is -1.48. The van der Waals surface area contributed by atoms with Crippen LogP contribution < -0.4 is 5.32 Å². The highest BCUT2D eigenvalue weighted by atomic mass is 16.4. The van der Waals surface area contributed by atoms with E-state index in [4.69, 9.17) is 5.41 Å². The smallest absolute Gasteiger partial charge is 0.336 e. The van der Waals surface area contributed by atoms with E-state index in [0.717, 1.165) is 24.0 Å². The molecule has 0 spiro atoms. The molecule has 1 heterocycles. The molecular weight excluding hydrogens is 454 g/mol. The number of fused-ring (bicyclic) bond motifs is 1. The number of nitrogens with zero attached hydrogens (tertiary/aromatic N) is 1. The van der Waals surface area contributed by atoms with E-state index < -0.39 is 11.9 Å². The number of benzene rings is 3. The molecule has 4 N–H and O–H groups in total. The van der Waals surface area contributed by atoms with E-state index in [9.17, 15) is 19.8 Å². The molecule has 1 aromatic heterocycles. The van der Waals surface area contributed by atoms with Gasteiger partial charge in [-0.1, -0.05) is 48.5 Å². The summed E-state index contributed by atoms with van der Waals surface area (Å²) in [6.07, 6.45) is 3.56. The van der Waals surface area contributed by atoms with Gasteiger partial charge in [-0.2, -0.15) is 0 Å². The highest BCUT2D eigenvalue weighted by Gasteiger charge is 2.19. The monoisotopic (exact) mass is 481 g/mol. The van der Waals surface area contributed by atoms with Crippen molar-refractivity contribution >= 4 is 29.0 Å². The van der Waals surface area contributed by atoms with Gasteiger partial charge in [0, 0.05) is 17.8 Å². The van der Waals surface area contributed by atoms with Crippen LogP contribution in [0, 0.1) is 5.41 Å². The third kappa shape index (κ3) is 6.13. The van der Waals surface area contributed by atoms with Crippen LogP contribution in [-0.4, -0.2) is 39.3 Å². The summed E-state index contributed by atoms with van der Waals surface area (Å²) in [4.78, 5) is 29.5. The first-order valence-electron chi connectivity index (χ1n) is 11.7. The number of carboxylic acids is 1. The summed E-state index contributed by atoms with van der Waals surface area (Å²) in [5.41, 5.74) is 3.55. The van der Waals surface area contributed by atoms with E-state index in [2.05, 4.69) is 22.4 Å². The van der Waals surface area contributed by atoms with Crippen LogP contribution in [0.5, 0.6) is 5.75 Å². The van der Waals surface area contributed by atoms with Gasteiger partial charge in [0.25, 0.3) is 5.91 Å². The molecule has 0 radical (unpaired) electrons. The number of aromatic nitrogens is 1. The zero-order valence-electron chi connectivity index (χ0n) is 19.6. The summed E-state index contributed by atoms with van der Waals surface area (Å²) in [6.45, 7) is 0. The number of nitrogens with one attached hydrogen (secondary N) is 2. The van der Waals surface area contributed by atoms with E-state index in [0.29, 0.717) is 23.7 Å². The summed E-state index contributed by atoms with van der Waals surface area (Å²) in [6, 6.07) is 23.1. The number of phenols is 1. The average molecular weight is 482 g/mol. The first-order chi connectivity index (χ1) is 17.4. The number of carbonyl (C=O) groups is 2. The number of carboxylic acid groups (broad SMARTS) is 1. The van der Waals surface area contributed by atoms with Crippen molar-refractivity contribution in [3.63, 3.8) is 0 Å². The SMILES string of the molecule is N=CC[C@H](Cc1ccc(O)cc1)NC(=O)c1cc(C(=O)O)c2cc(CCc3ccccc3)ccc2n1. The molecule has 182 valence electrons. The van der Waals surface area contributed by atoms with Crippen molar-refractivity contribution in [1.82, 2.24) is 10.3 Å². The Morgan fingerprint density at radius 1 is 0.917 bits per heavy atom. The summed E-state index contributed by atoms with van der Waals surface area (Å²) < 4.78 is 0. The molecule has 3 aromatic carbocycles. The van der Waals surface area contributed by atoms with Crippen LogP contribution in [0.1, 0.15) is 44.0 Å². The molecular formula is C29H27N3O4. The second-order valence-corrected chi connectivity index (χ2v) is 8.68. The number of aryl methyl sites for hydroxylation is 2. The van der Waals surface area contributed by atoms with Gasteiger partial charge in [0.05, 0.1) is 11.1 Å². The first-order valence-corrected chi connectivity index (χ1v) is 11.7. The third-order valence-corrected chi connectivity index (χ3v) is 6.04. The van der Waals surface area contributed by atoms with Crippen LogP contribution in [0.3, 0.4) is 0 Å². The lowest BCUT2D eigenvalue weighted by Gasteiger charge is -2.17. The Kier molecular flexibility index (Phi) is 7.70. The Morgan fingerprint density at radius 3 is 2.31 bits per heavy atom. The molecule has 4 aromatic rings. The lowest BCUT2D eigenvalue weighted by atomic mass is 10.00. The largest absolute Gasteiger partial charge is 0.508 e. The standard InChI is InChI=1S/C29H27N3O4/c30-15-14-22(16-20-8-11-23(33)12-9-20)31-28(34)27-18-25(29(35)36)24-17-21(10-13-26(24)32-27)7-6-19-4-2-1-3-5-19/h1-5,8-13,15,17-18,22,30,33H,6-7,14,16H2,(H,31,34)(H,35,36)/t22-/m1/s1. The number of rotatable bonds is 10. The number of phenolic OH excluding ortho intramolecular Hbond substituents is 1. The quantitative estimate of drug-likeness (QED) is 0.242. The van der Waals surface area contributed by atoms with E-state index in [1.54, 1.807) is 30.3 Å². The molecule has 1 atom stereocenters. The van der Waals surface area contributed by atoms with Gasteiger partial charge in [0.15, 0.2) is 0 Å². The van der Waals surface area contributed by atoms with Crippen LogP contribution in [0.25, 0.3) is 10.9 Å². The normalized spacial score (nSPS) is 11.7. The van der Waals surface area contributed by atoms with E-state index in [1.807, 2.05) is 30.3 Å². The van der Waals surface area contributed by atoms with Crippen molar-refractivity contribution in [2.75, 3.05) is 0 Å². The zero-order valence-corrected chi connectivity index (χ0v) is 19.6. The zero-order chi connectivity index (χ0) is 25.5. The summed E-state index contributed by atoms with van der Waals surface area (Å²) in [7, 11) is 0. The minimum absolute atomic E-state index is 0.0117. The second kappa shape index (κ2) is 11.3. The Bertz CT molecular complexity index is 1390. The third-order valence-electron chi connectivity index (χ3n) is 6.04. The maximum Gasteiger partial charge on any atom is 0.336 e. The minimum Gasteiger partial charge on any atom is -0.508 e. The predicted molar refractivity (Wildman–Crippen MR) is 139 cm³/mol. The Labute approximate surface area is 209 Å². The number of aromatic hydroxyl groups is 1. The lowest BCUT2D eigenvalue weighted by Crippen LogP contribution is -2.37. The van der Waals surface area contributed by atoms with Crippen LogP contribution in [0.4, 0.5) is 0 Å². The molecule has 0 aliphatic carbocycles. The van der Waals surface area contributed by atoms with Gasteiger partial charge in [-0.15, -0.1) is 0 Å². The lowest BCUT2D eigenvalue weighted by molar-refractivity contribution is 0.0699. The van der Waals surface area contributed by atoms with Gasteiger partial charge in [-0.25, -0.2) is 9.78 Å². The maximum atomic E-state index is 13.0. The molecule has 0 bridgehead atoms. The fourth-order valence-electron chi connectivity index (χ4n) is 4.17. The Hall–Kier alpha value is -4.52. The van der Waals surface area contributed by atoms with Crippen molar-refractivity contribution in [1.29, 1.82) is 5.41 Å². The molecule has 1 amide bonds. The average Bonchev–Trinajstić information content (AvgIpc) is 2.88. The van der Waals surface area contributed by atoms with Crippen molar-refractivity contribution in [3.8, 4) is 5.75 Å². The van der Waals surface area contributed by atoms with Gasteiger partial charge in [0.2, 0.25) is 0 Å². The van der Waals surface area contributed by atoms with Crippen molar-refractivity contribution in [3.05, 3.63) is 107 Å². The summed E-state index contributed by atoms with van der Waals surface area (Å²) >= 11 is 0. The highest BCUT2D eigenvalue weighted by Crippen LogP contribution is 2.22. The number of hydrogen-bond donors (Lipinski definition) is 4. The molecule has 0 unspecified atom stereocenters. The predicted octanol–water partition coefficient (Wildman–Crippen LogP) is 4.80. The first kappa shape index (κ1) is 24.6. The van der Waals surface area contributed by atoms with E-state index >= 15 is 0 Å². The van der Waals surface area contributed by atoms with Crippen molar-refractivity contribution in [2.45, 2.75) is 31.7 Å². The number of hydrogen-bond acceptors (Lipinski definition) is 5. The minimum atomic E-state index is -1.13. The van der Waals surface area contributed by atoms with Gasteiger partial charge in [-0.3, -0.25) is 4.79 Å². The van der Waals surface area contributed by atoms with Crippen LogP contribution in [0.15, 0.2) is 78.9 Å². The number of carbonyl (C=O) groups excluding carboxylic acids is 1. The fourth-order valence-corrected chi connectivity index (χ4v) is 4.17. The number of pyridine rings is 1. The maximum absolute atomic E-state index is 13.0. The molecule has 36 heavy (non-hydrogen) atoms. The van der Waals surface area contributed by atoms with Crippen LogP contribution >= 0.6 is 0 Å². The van der Waals surface area contributed by atoms with E-state index in [-0.39, 0.29) is 23.0 Å². The topological polar surface area (TPSA) is 123 Å². The highest BCUT2D eigenvalue weighted by molar-refractivity contribution is 6.06. The van der Waals surface area contributed by atoms with Crippen LogP contribution in [0.2, 0.25) is 0 Å². The Balaban J connectivity index is 1.56. The van der Waals surface area contributed by atoms with Crippen molar-refractivity contribution in [2.24, 2.45) is 0 Å². The van der Waals surface area contributed by atoms with Gasteiger partial charge in [0.1, 0.15) is 11.4 Å². The molecule has 4 rings (SSSR count). The molecule has 0 aliphatic rings. The van der Waals surface area contributed by atoms with Gasteiger partial charge in [-0.05, 0) is 72.5 Å². The molecule has 7 nitrogen and oxygen atoms in total. The molecule has 0 saturated carbocycles. The van der Waals surface area contributed by atoms with Crippen molar-refractivity contribution < 1.29 is 19.8 Å². The number of amides is 1. The second-order valence-electron chi connectivity index (χ2n) is 8.68. The molecule has 7 heteroatoms.